The largest absolute Gasteiger partial charge is 0.303 e. The van der Waals surface area contributed by atoms with Gasteiger partial charge in [-0.25, -0.2) is 4.98 Å². The second-order valence-corrected chi connectivity index (χ2v) is 6.41. The number of hydrogen-bond donors (Lipinski definition) is 0. The van der Waals surface area contributed by atoms with Crippen molar-refractivity contribution in [3.05, 3.63) is 53.8 Å². The number of hydrogen-bond acceptors (Lipinski definition) is 4. The van der Waals surface area contributed by atoms with E-state index >= 15 is 0 Å². The molecule has 0 aliphatic carbocycles. The maximum atomic E-state index is 12.3. The van der Waals surface area contributed by atoms with Crippen LogP contribution < -0.4 is 4.90 Å². The van der Waals surface area contributed by atoms with Gasteiger partial charge in [0, 0.05) is 18.4 Å². The second-order valence-electron chi connectivity index (χ2n) is 5.18. The average molecular weight is 326 g/mol. The summed E-state index contributed by atoms with van der Waals surface area (Å²) in [6.07, 6.45) is 3.24. The molecule has 0 aliphatic rings. The molecule has 0 saturated heterocycles. The fourth-order valence-corrected chi connectivity index (χ4v) is 3.24. The van der Waals surface area contributed by atoms with Gasteiger partial charge in [0.15, 0.2) is 0 Å². The number of fused-ring (bicyclic) bond motifs is 1. The number of aryl methyl sites for hydroxylation is 2. The third-order valence-electron chi connectivity index (χ3n) is 3.57. The highest BCUT2D eigenvalue weighted by molar-refractivity contribution is 7.18. The van der Waals surface area contributed by atoms with Gasteiger partial charge in [-0.05, 0) is 44.2 Å². The summed E-state index contributed by atoms with van der Waals surface area (Å²) in [5.41, 5.74) is 2.56. The number of amides is 1. The van der Waals surface area contributed by atoms with Gasteiger partial charge in [-0.2, -0.15) is 5.10 Å². The van der Waals surface area contributed by atoms with Crippen LogP contribution in [0.15, 0.2) is 43.1 Å². The molecule has 118 valence electrons. The number of thiazole rings is 1. The molecule has 0 fully saturated rings. The molecule has 0 saturated carbocycles. The van der Waals surface area contributed by atoms with Crippen LogP contribution in [0.3, 0.4) is 0 Å². The zero-order valence-corrected chi connectivity index (χ0v) is 14.0. The van der Waals surface area contributed by atoms with Crippen LogP contribution >= 0.6 is 11.3 Å². The molecule has 0 N–H and O–H groups in total. The molecule has 0 radical (unpaired) electrons. The number of nitrogens with zero attached hydrogens (tertiary/aromatic N) is 4. The van der Waals surface area contributed by atoms with E-state index < -0.39 is 0 Å². The Morgan fingerprint density at radius 1 is 1.43 bits per heavy atom. The molecule has 1 amide bonds. The van der Waals surface area contributed by atoms with Gasteiger partial charge in [0.2, 0.25) is 0 Å². The monoisotopic (exact) mass is 326 g/mol. The van der Waals surface area contributed by atoms with Gasteiger partial charge in [-0.15, -0.1) is 11.3 Å². The zero-order chi connectivity index (χ0) is 16.4. The summed E-state index contributed by atoms with van der Waals surface area (Å²) in [6, 6.07) is 7.82. The van der Waals surface area contributed by atoms with E-state index in [2.05, 4.69) is 16.7 Å². The van der Waals surface area contributed by atoms with Gasteiger partial charge < -0.3 is 4.90 Å². The molecule has 3 rings (SSSR count). The molecule has 0 unspecified atom stereocenters. The highest BCUT2D eigenvalue weighted by atomic mass is 32.1. The Hall–Kier alpha value is -2.47. The highest BCUT2D eigenvalue weighted by Gasteiger charge is 2.16. The van der Waals surface area contributed by atoms with Crippen LogP contribution in [0.25, 0.3) is 10.2 Å². The van der Waals surface area contributed by atoms with Crippen LogP contribution in [-0.2, 0) is 17.9 Å². The lowest BCUT2D eigenvalue weighted by molar-refractivity contribution is -0.114. The number of aromatic nitrogens is 3. The minimum Gasteiger partial charge on any atom is -0.303 e. The van der Waals surface area contributed by atoms with E-state index in [1.807, 2.05) is 49.0 Å². The summed E-state index contributed by atoms with van der Waals surface area (Å²) in [6.45, 7) is 8.83. The van der Waals surface area contributed by atoms with E-state index in [-0.39, 0.29) is 5.91 Å². The maximum absolute atomic E-state index is 12.3. The molecular weight excluding hydrogens is 308 g/mol. The van der Waals surface area contributed by atoms with Crippen LogP contribution in [0.2, 0.25) is 0 Å². The van der Waals surface area contributed by atoms with E-state index in [1.165, 1.54) is 6.08 Å². The second kappa shape index (κ2) is 6.34. The lowest BCUT2D eigenvalue weighted by Gasteiger charge is -2.20. The Kier molecular flexibility index (Phi) is 4.25. The van der Waals surface area contributed by atoms with Crippen LogP contribution in [-0.4, -0.2) is 20.7 Å². The standard InChI is InChI=1S/C17H18N4OS/c1-4-17(22)21(11-13-8-9-20(5-2)19-13)14-6-7-16-15(10-14)18-12(3)23-16/h4,6-10H,1,5,11H2,2-3H3. The number of rotatable bonds is 5. The van der Waals surface area contributed by atoms with Crippen LogP contribution in [0.1, 0.15) is 17.6 Å². The summed E-state index contributed by atoms with van der Waals surface area (Å²) >= 11 is 1.65. The topological polar surface area (TPSA) is 51.0 Å². The molecule has 3 aromatic rings. The lowest BCUT2D eigenvalue weighted by Crippen LogP contribution is -2.28. The highest BCUT2D eigenvalue weighted by Crippen LogP contribution is 2.27. The first-order chi connectivity index (χ1) is 11.1. The van der Waals surface area contributed by atoms with Gasteiger partial charge in [-0.1, -0.05) is 6.58 Å². The first-order valence-corrected chi connectivity index (χ1v) is 8.26. The van der Waals surface area contributed by atoms with Crippen LogP contribution in [0.5, 0.6) is 0 Å². The molecule has 0 atom stereocenters. The number of anilines is 1. The minimum absolute atomic E-state index is 0.151. The molecule has 1 aromatic carbocycles. The number of carbonyl (C=O) groups is 1. The van der Waals surface area contributed by atoms with E-state index in [1.54, 1.807) is 16.2 Å². The van der Waals surface area contributed by atoms with Crippen molar-refractivity contribution in [2.45, 2.75) is 26.9 Å². The van der Waals surface area contributed by atoms with Crippen molar-refractivity contribution in [1.82, 2.24) is 14.8 Å². The van der Waals surface area contributed by atoms with Gasteiger partial charge in [0.1, 0.15) is 0 Å². The summed E-state index contributed by atoms with van der Waals surface area (Å²) < 4.78 is 2.96. The maximum Gasteiger partial charge on any atom is 0.250 e. The lowest BCUT2D eigenvalue weighted by atomic mass is 10.2. The third-order valence-corrected chi connectivity index (χ3v) is 4.52. The molecule has 0 spiro atoms. The van der Waals surface area contributed by atoms with Crippen molar-refractivity contribution in [3.63, 3.8) is 0 Å². The fourth-order valence-electron chi connectivity index (χ4n) is 2.43. The average Bonchev–Trinajstić information content (AvgIpc) is 3.16. The molecule has 23 heavy (non-hydrogen) atoms. The summed E-state index contributed by atoms with van der Waals surface area (Å²) in [5.74, 6) is -0.151. The minimum atomic E-state index is -0.151. The first-order valence-electron chi connectivity index (χ1n) is 7.44. The number of benzene rings is 1. The SMILES string of the molecule is C=CC(=O)N(Cc1ccn(CC)n1)c1ccc2sc(C)nc2c1. The summed E-state index contributed by atoms with van der Waals surface area (Å²) in [7, 11) is 0. The zero-order valence-electron chi connectivity index (χ0n) is 13.2. The molecule has 6 heteroatoms. The normalized spacial score (nSPS) is 10.9. The molecule has 5 nitrogen and oxygen atoms in total. The molecule has 0 bridgehead atoms. The Labute approximate surface area is 138 Å². The summed E-state index contributed by atoms with van der Waals surface area (Å²) in [4.78, 5) is 18.5. The van der Waals surface area contributed by atoms with Crippen molar-refractivity contribution < 1.29 is 4.79 Å². The molecule has 2 aromatic heterocycles. The van der Waals surface area contributed by atoms with E-state index in [0.717, 1.165) is 33.2 Å². The molecule has 2 heterocycles. The van der Waals surface area contributed by atoms with Crippen molar-refractivity contribution in [2.24, 2.45) is 0 Å². The first kappa shape index (κ1) is 15.4. The predicted octanol–water partition coefficient (Wildman–Crippen LogP) is 3.54. The van der Waals surface area contributed by atoms with E-state index in [4.69, 9.17) is 0 Å². The quantitative estimate of drug-likeness (QED) is 0.674. The van der Waals surface area contributed by atoms with Crippen LogP contribution in [0, 0.1) is 6.92 Å². The van der Waals surface area contributed by atoms with Crippen molar-refractivity contribution in [3.8, 4) is 0 Å². The number of carbonyl (C=O) groups excluding carboxylic acids is 1. The van der Waals surface area contributed by atoms with Crippen molar-refractivity contribution in [1.29, 1.82) is 0 Å². The fraction of sp³-hybridized carbons (Fsp3) is 0.235. The van der Waals surface area contributed by atoms with Crippen molar-refractivity contribution >= 4 is 33.1 Å². The van der Waals surface area contributed by atoms with Gasteiger partial charge in [-0.3, -0.25) is 9.48 Å². The Bertz CT molecular complexity index is 864. The Balaban J connectivity index is 1.96. The van der Waals surface area contributed by atoms with Gasteiger partial charge in [0.25, 0.3) is 5.91 Å². The summed E-state index contributed by atoms with van der Waals surface area (Å²) in [5, 5.41) is 5.47. The predicted molar refractivity (Wildman–Crippen MR) is 93.6 cm³/mol. The van der Waals surface area contributed by atoms with Crippen LogP contribution in [0.4, 0.5) is 5.69 Å². The smallest absolute Gasteiger partial charge is 0.250 e. The Morgan fingerprint density at radius 3 is 2.96 bits per heavy atom. The molecular formula is C17H18N4OS. The third kappa shape index (κ3) is 3.17. The van der Waals surface area contributed by atoms with Gasteiger partial charge >= 0.3 is 0 Å². The van der Waals surface area contributed by atoms with E-state index in [9.17, 15) is 4.79 Å². The Morgan fingerprint density at radius 2 is 2.26 bits per heavy atom. The van der Waals surface area contributed by atoms with E-state index in [0.29, 0.717) is 6.54 Å². The van der Waals surface area contributed by atoms with Gasteiger partial charge in [0.05, 0.1) is 27.5 Å². The molecule has 0 aliphatic heterocycles. The van der Waals surface area contributed by atoms with Crippen molar-refractivity contribution in [2.75, 3.05) is 4.90 Å².